The second kappa shape index (κ2) is 4.03. The van der Waals surface area contributed by atoms with Crippen LogP contribution in [-0.4, -0.2) is 13.1 Å². The van der Waals surface area contributed by atoms with Crippen LogP contribution < -0.4 is 0 Å². The molecule has 0 radical (unpaired) electrons. The molecule has 2 nitrogen and oxygen atoms in total. The summed E-state index contributed by atoms with van der Waals surface area (Å²) in [6.45, 7) is 1.78. The Kier molecular flexibility index (Phi) is 3.22. The summed E-state index contributed by atoms with van der Waals surface area (Å²) >= 11 is 9.98. The summed E-state index contributed by atoms with van der Waals surface area (Å²) in [6, 6.07) is 3.26. The van der Waals surface area contributed by atoms with Gasteiger partial charge in [-0.05, 0) is 24.6 Å². The molecule has 0 aliphatic rings. The third-order valence-corrected chi connectivity index (χ3v) is 2.81. The lowest BCUT2D eigenvalue weighted by molar-refractivity contribution is 0.0599. The second-order valence-electron chi connectivity index (χ2n) is 2.56. The Bertz CT molecular complexity index is 350. The predicted molar refractivity (Wildman–Crippen MR) is 54.8 cm³/mol. The fourth-order valence-corrected chi connectivity index (χ4v) is 1.40. The summed E-state index contributed by atoms with van der Waals surface area (Å²) < 4.78 is 4.60. The molecule has 0 spiro atoms. The molecule has 13 heavy (non-hydrogen) atoms. The highest BCUT2D eigenvalue weighted by molar-refractivity contribution is 7.80. The summed E-state index contributed by atoms with van der Waals surface area (Å²) in [7, 11) is 1.34. The zero-order valence-corrected chi connectivity index (χ0v) is 8.95. The molecule has 1 aromatic rings. The molecule has 4 heteroatoms. The van der Waals surface area contributed by atoms with Crippen molar-refractivity contribution in [2.24, 2.45) is 0 Å². The van der Waals surface area contributed by atoms with E-state index in [1.54, 1.807) is 19.1 Å². The fraction of sp³-hybridized carbons (Fsp3) is 0.222. The van der Waals surface area contributed by atoms with Crippen molar-refractivity contribution >= 4 is 30.2 Å². The topological polar surface area (TPSA) is 26.3 Å². The minimum absolute atomic E-state index is 0.371. The van der Waals surface area contributed by atoms with Crippen LogP contribution in [0.4, 0.5) is 0 Å². The minimum atomic E-state index is -0.371. The van der Waals surface area contributed by atoms with Crippen molar-refractivity contribution in [1.29, 1.82) is 0 Å². The molecule has 0 heterocycles. The summed E-state index contributed by atoms with van der Waals surface area (Å²) in [6.07, 6.45) is 0. The fourth-order valence-electron chi connectivity index (χ4n) is 0.998. The maximum absolute atomic E-state index is 11.2. The third kappa shape index (κ3) is 1.98. The smallest absolute Gasteiger partial charge is 0.338 e. The molecule has 1 aromatic carbocycles. The number of methoxy groups -OCH3 is 1. The van der Waals surface area contributed by atoms with Gasteiger partial charge in [-0.1, -0.05) is 11.6 Å². The first kappa shape index (κ1) is 10.4. The van der Waals surface area contributed by atoms with Gasteiger partial charge in [0.15, 0.2) is 0 Å². The highest BCUT2D eigenvalue weighted by atomic mass is 35.5. The van der Waals surface area contributed by atoms with Crippen LogP contribution in [0.2, 0.25) is 5.02 Å². The van der Waals surface area contributed by atoms with Gasteiger partial charge in [-0.3, -0.25) is 0 Å². The van der Waals surface area contributed by atoms with E-state index in [2.05, 4.69) is 17.4 Å². The minimum Gasteiger partial charge on any atom is -0.465 e. The monoisotopic (exact) mass is 216 g/mol. The number of rotatable bonds is 1. The SMILES string of the molecule is COC(=O)c1ccc(Cl)c(S)c1C. The maximum Gasteiger partial charge on any atom is 0.338 e. The molecule has 0 aliphatic carbocycles. The average molecular weight is 217 g/mol. The van der Waals surface area contributed by atoms with Crippen molar-refractivity contribution in [2.45, 2.75) is 11.8 Å². The summed E-state index contributed by atoms with van der Waals surface area (Å²) in [4.78, 5) is 11.8. The third-order valence-electron chi connectivity index (χ3n) is 1.79. The van der Waals surface area contributed by atoms with Crippen LogP contribution in [0.5, 0.6) is 0 Å². The highest BCUT2D eigenvalue weighted by Gasteiger charge is 2.12. The molecular formula is C9H9ClO2S. The molecule has 0 aliphatic heterocycles. The lowest BCUT2D eigenvalue weighted by atomic mass is 10.1. The van der Waals surface area contributed by atoms with Crippen LogP contribution in [0.25, 0.3) is 0 Å². The lowest BCUT2D eigenvalue weighted by Gasteiger charge is -2.06. The van der Waals surface area contributed by atoms with E-state index in [4.69, 9.17) is 11.6 Å². The number of hydrogen-bond acceptors (Lipinski definition) is 3. The molecule has 0 fully saturated rings. The summed E-state index contributed by atoms with van der Waals surface area (Å²) in [5.41, 5.74) is 1.24. The van der Waals surface area contributed by atoms with Gasteiger partial charge in [0.05, 0.1) is 17.7 Å². The summed E-state index contributed by atoms with van der Waals surface area (Å²) in [5.74, 6) is -0.371. The van der Waals surface area contributed by atoms with Gasteiger partial charge in [0.1, 0.15) is 0 Å². The molecule has 0 aromatic heterocycles. The van der Waals surface area contributed by atoms with E-state index in [0.29, 0.717) is 15.5 Å². The Hall–Kier alpha value is -0.670. The lowest BCUT2D eigenvalue weighted by Crippen LogP contribution is -2.04. The van der Waals surface area contributed by atoms with Gasteiger partial charge < -0.3 is 4.74 Å². The first-order valence-corrected chi connectivity index (χ1v) is 4.46. The number of halogens is 1. The molecule has 1 rings (SSSR count). The van der Waals surface area contributed by atoms with Gasteiger partial charge in [0.25, 0.3) is 0 Å². The van der Waals surface area contributed by atoms with Crippen molar-refractivity contribution in [2.75, 3.05) is 7.11 Å². The van der Waals surface area contributed by atoms with Crippen LogP contribution in [0.15, 0.2) is 17.0 Å². The van der Waals surface area contributed by atoms with Crippen molar-refractivity contribution in [3.05, 3.63) is 28.3 Å². The van der Waals surface area contributed by atoms with Gasteiger partial charge in [-0.15, -0.1) is 12.6 Å². The molecule has 0 bridgehead atoms. The largest absolute Gasteiger partial charge is 0.465 e. The molecule has 0 saturated heterocycles. The quantitative estimate of drug-likeness (QED) is 0.577. The number of carbonyl (C=O) groups is 1. The molecule has 0 N–H and O–H groups in total. The Morgan fingerprint density at radius 3 is 2.69 bits per heavy atom. The van der Waals surface area contributed by atoms with Gasteiger partial charge >= 0.3 is 5.97 Å². The second-order valence-corrected chi connectivity index (χ2v) is 3.41. The van der Waals surface area contributed by atoms with Crippen LogP contribution >= 0.6 is 24.2 Å². The van der Waals surface area contributed by atoms with Gasteiger partial charge in [-0.2, -0.15) is 0 Å². The maximum atomic E-state index is 11.2. The molecule has 70 valence electrons. The van der Waals surface area contributed by atoms with Crippen LogP contribution in [0.3, 0.4) is 0 Å². The number of carbonyl (C=O) groups excluding carboxylic acids is 1. The van der Waals surface area contributed by atoms with E-state index in [-0.39, 0.29) is 5.97 Å². The van der Waals surface area contributed by atoms with Crippen LogP contribution in [-0.2, 0) is 4.74 Å². The number of ether oxygens (including phenoxy) is 1. The summed E-state index contributed by atoms with van der Waals surface area (Å²) in [5, 5.41) is 0.536. The van der Waals surface area contributed by atoms with Gasteiger partial charge in [-0.25, -0.2) is 4.79 Å². The van der Waals surface area contributed by atoms with Gasteiger partial charge in [0.2, 0.25) is 0 Å². The normalized spacial score (nSPS) is 9.85. The van der Waals surface area contributed by atoms with Crippen molar-refractivity contribution < 1.29 is 9.53 Å². The Balaban J connectivity index is 3.26. The van der Waals surface area contributed by atoms with E-state index in [9.17, 15) is 4.79 Å². The highest BCUT2D eigenvalue weighted by Crippen LogP contribution is 2.26. The standard InChI is InChI=1S/C9H9ClO2S/c1-5-6(9(11)12-2)3-4-7(10)8(5)13/h3-4,13H,1-2H3. The Labute approximate surface area is 87.3 Å². The zero-order valence-electron chi connectivity index (χ0n) is 7.30. The first-order chi connectivity index (χ1) is 6.07. The number of esters is 1. The molecule has 0 unspecified atom stereocenters. The predicted octanol–water partition coefficient (Wildman–Crippen LogP) is 2.72. The molecule has 0 amide bonds. The van der Waals surface area contributed by atoms with E-state index >= 15 is 0 Å². The Morgan fingerprint density at radius 2 is 2.15 bits per heavy atom. The van der Waals surface area contributed by atoms with Crippen LogP contribution in [0, 0.1) is 6.92 Å². The van der Waals surface area contributed by atoms with E-state index in [0.717, 1.165) is 5.56 Å². The molecule has 0 saturated carbocycles. The average Bonchev–Trinajstić information content (AvgIpc) is 2.13. The Morgan fingerprint density at radius 1 is 1.54 bits per heavy atom. The first-order valence-electron chi connectivity index (χ1n) is 3.64. The van der Waals surface area contributed by atoms with Crippen molar-refractivity contribution in [3.8, 4) is 0 Å². The number of hydrogen-bond donors (Lipinski definition) is 1. The van der Waals surface area contributed by atoms with Crippen molar-refractivity contribution in [3.63, 3.8) is 0 Å². The number of thiol groups is 1. The molecular weight excluding hydrogens is 208 g/mol. The van der Waals surface area contributed by atoms with Crippen molar-refractivity contribution in [1.82, 2.24) is 0 Å². The van der Waals surface area contributed by atoms with Crippen LogP contribution in [0.1, 0.15) is 15.9 Å². The number of benzene rings is 1. The van der Waals surface area contributed by atoms with Gasteiger partial charge in [0, 0.05) is 4.90 Å². The zero-order chi connectivity index (χ0) is 10.0. The van der Waals surface area contributed by atoms with E-state index < -0.39 is 0 Å². The van der Waals surface area contributed by atoms with E-state index in [1.165, 1.54) is 7.11 Å². The van der Waals surface area contributed by atoms with E-state index in [1.807, 2.05) is 0 Å². The molecule has 0 atom stereocenters.